The molecule has 0 saturated carbocycles. The first-order chi connectivity index (χ1) is 23.6. The van der Waals surface area contributed by atoms with E-state index < -0.39 is 12.2 Å². The summed E-state index contributed by atoms with van der Waals surface area (Å²) in [5.41, 5.74) is 1.93. The van der Waals surface area contributed by atoms with Crippen LogP contribution in [-0.2, 0) is 0 Å². The zero-order valence-corrected chi connectivity index (χ0v) is 30.5. The van der Waals surface area contributed by atoms with E-state index in [0.29, 0.717) is 0 Å². The molecular weight excluding hydrogens is 596 g/mol. The van der Waals surface area contributed by atoms with Crippen molar-refractivity contribution >= 4 is 0 Å². The van der Waals surface area contributed by atoms with Gasteiger partial charge in [0.1, 0.15) is 11.5 Å². The molecule has 2 saturated heterocycles. The summed E-state index contributed by atoms with van der Waals surface area (Å²) < 4.78 is 11.9. The van der Waals surface area contributed by atoms with Gasteiger partial charge < -0.3 is 29.5 Å². The van der Waals surface area contributed by atoms with Crippen LogP contribution in [0.25, 0.3) is 0 Å². The molecule has 4 atom stereocenters. The second-order valence-electron chi connectivity index (χ2n) is 14.7. The quantitative estimate of drug-likeness (QED) is 0.130. The van der Waals surface area contributed by atoms with Gasteiger partial charge in [0.2, 0.25) is 0 Å². The number of unbranched alkanes of at least 4 members (excludes halogenated alkanes) is 4. The predicted octanol–water partition coefficient (Wildman–Crippen LogP) is 9.36. The van der Waals surface area contributed by atoms with Crippen LogP contribution in [0.3, 0.4) is 0 Å². The van der Waals surface area contributed by atoms with Crippen molar-refractivity contribution in [2.24, 2.45) is 11.8 Å². The van der Waals surface area contributed by atoms with E-state index in [0.717, 1.165) is 101 Å². The SMILES string of the molecule is CCCCCOc1ccc([C@H](O)[C@H](CC[C@H](CN2CCCCCC2)[C@@H](O)c2ccc(OCCCCC)cc2)CN2CCCCCC2)cc1. The molecule has 0 aliphatic carbocycles. The Morgan fingerprint density at radius 3 is 1.21 bits per heavy atom. The molecule has 2 aliphatic heterocycles. The van der Waals surface area contributed by atoms with Gasteiger partial charge in [-0.05, 0) is 113 Å². The van der Waals surface area contributed by atoms with Crippen molar-refractivity contribution in [2.75, 3.05) is 52.5 Å². The maximum absolute atomic E-state index is 11.9. The number of hydrogen-bond acceptors (Lipinski definition) is 6. The van der Waals surface area contributed by atoms with E-state index in [1.165, 1.54) is 77.0 Å². The largest absolute Gasteiger partial charge is 0.494 e. The van der Waals surface area contributed by atoms with Gasteiger partial charge in [0, 0.05) is 24.9 Å². The fourth-order valence-corrected chi connectivity index (χ4v) is 7.58. The van der Waals surface area contributed by atoms with Crippen molar-refractivity contribution in [3.63, 3.8) is 0 Å². The van der Waals surface area contributed by atoms with Crippen molar-refractivity contribution in [2.45, 2.75) is 129 Å². The number of aliphatic hydroxyl groups excluding tert-OH is 2. The van der Waals surface area contributed by atoms with Crippen LogP contribution in [0.4, 0.5) is 0 Å². The summed E-state index contributed by atoms with van der Waals surface area (Å²) >= 11 is 0. The molecule has 0 aromatic heterocycles. The molecule has 0 unspecified atom stereocenters. The normalized spacial score (nSPS) is 19.2. The molecule has 0 spiro atoms. The van der Waals surface area contributed by atoms with Crippen molar-refractivity contribution in [1.82, 2.24) is 9.80 Å². The van der Waals surface area contributed by atoms with E-state index in [1.807, 2.05) is 24.3 Å². The highest BCUT2D eigenvalue weighted by Crippen LogP contribution is 2.34. The molecule has 2 N–H and O–H groups in total. The lowest BCUT2D eigenvalue weighted by atomic mass is 9.84. The van der Waals surface area contributed by atoms with Gasteiger partial charge >= 0.3 is 0 Å². The zero-order valence-electron chi connectivity index (χ0n) is 30.5. The van der Waals surface area contributed by atoms with Gasteiger partial charge in [0.15, 0.2) is 0 Å². The number of aliphatic hydroxyl groups is 2. The van der Waals surface area contributed by atoms with Crippen molar-refractivity contribution in [3.8, 4) is 11.5 Å². The second-order valence-corrected chi connectivity index (χ2v) is 14.7. The van der Waals surface area contributed by atoms with Gasteiger partial charge in [-0.25, -0.2) is 0 Å². The summed E-state index contributed by atoms with van der Waals surface area (Å²) in [5, 5.41) is 23.9. The molecule has 6 nitrogen and oxygen atoms in total. The van der Waals surface area contributed by atoms with Gasteiger partial charge in [0.25, 0.3) is 0 Å². The molecule has 0 radical (unpaired) electrons. The highest BCUT2D eigenvalue weighted by Gasteiger charge is 2.29. The van der Waals surface area contributed by atoms with Crippen molar-refractivity contribution in [3.05, 3.63) is 59.7 Å². The maximum Gasteiger partial charge on any atom is 0.119 e. The van der Waals surface area contributed by atoms with Gasteiger partial charge in [-0.2, -0.15) is 0 Å². The third-order valence-electron chi connectivity index (χ3n) is 10.7. The Balaban J connectivity index is 1.47. The molecule has 2 aromatic carbocycles. The van der Waals surface area contributed by atoms with E-state index >= 15 is 0 Å². The van der Waals surface area contributed by atoms with Crippen LogP contribution in [-0.4, -0.2) is 72.5 Å². The van der Waals surface area contributed by atoms with Crippen LogP contribution >= 0.6 is 0 Å². The Bertz CT molecular complexity index is 990. The predicted molar refractivity (Wildman–Crippen MR) is 199 cm³/mol. The smallest absolute Gasteiger partial charge is 0.119 e. The molecule has 2 aliphatic rings. The van der Waals surface area contributed by atoms with E-state index in [2.05, 4.69) is 47.9 Å². The average Bonchev–Trinajstić information content (AvgIpc) is 3.55. The first-order valence-electron chi connectivity index (χ1n) is 19.8. The third kappa shape index (κ3) is 13.7. The number of ether oxygens (including phenoxy) is 2. The molecule has 48 heavy (non-hydrogen) atoms. The molecule has 0 amide bonds. The van der Waals surface area contributed by atoms with Gasteiger partial charge in [0.05, 0.1) is 25.4 Å². The lowest BCUT2D eigenvalue weighted by Crippen LogP contribution is -2.36. The minimum atomic E-state index is -0.553. The van der Waals surface area contributed by atoms with Crippen molar-refractivity contribution in [1.29, 1.82) is 0 Å². The summed E-state index contributed by atoms with van der Waals surface area (Å²) in [4.78, 5) is 5.18. The number of hydrogen-bond donors (Lipinski definition) is 2. The summed E-state index contributed by atoms with van der Waals surface area (Å²) in [7, 11) is 0. The Hall–Kier alpha value is -2.12. The van der Waals surface area contributed by atoms with Crippen LogP contribution in [0, 0.1) is 11.8 Å². The van der Waals surface area contributed by atoms with Crippen molar-refractivity contribution < 1.29 is 19.7 Å². The van der Waals surface area contributed by atoms with Gasteiger partial charge in [-0.15, -0.1) is 0 Å². The lowest BCUT2D eigenvalue weighted by Gasteiger charge is -2.34. The average molecular weight is 665 g/mol. The Morgan fingerprint density at radius 2 is 0.875 bits per heavy atom. The topological polar surface area (TPSA) is 65.4 Å². The second kappa shape index (κ2) is 22.6. The van der Waals surface area contributed by atoms with Crippen LogP contribution in [0.5, 0.6) is 11.5 Å². The maximum atomic E-state index is 11.9. The summed E-state index contributed by atoms with van der Waals surface area (Å²) in [6.07, 6.45) is 17.7. The first-order valence-corrected chi connectivity index (χ1v) is 19.8. The van der Waals surface area contributed by atoms with E-state index in [-0.39, 0.29) is 11.8 Å². The van der Waals surface area contributed by atoms with Crippen LogP contribution < -0.4 is 9.47 Å². The van der Waals surface area contributed by atoms with Crippen LogP contribution in [0.1, 0.15) is 140 Å². The first kappa shape index (κ1) is 38.7. The number of rotatable bonds is 21. The minimum Gasteiger partial charge on any atom is -0.494 e. The Labute approximate surface area is 293 Å². The van der Waals surface area contributed by atoms with E-state index in [9.17, 15) is 10.2 Å². The summed E-state index contributed by atoms with van der Waals surface area (Å²) in [6.45, 7) is 12.1. The van der Waals surface area contributed by atoms with Gasteiger partial charge in [-0.3, -0.25) is 0 Å². The number of nitrogens with zero attached hydrogens (tertiary/aromatic N) is 2. The Kier molecular flexibility index (Phi) is 18.2. The van der Waals surface area contributed by atoms with Crippen LogP contribution in [0.15, 0.2) is 48.5 Å². The third-order valence-corrected chi connectivity index (χ3v) is 10.7. The molecule has 2 fully saturated rings. The molecule has 270 valence electrons. The molecule has 0 bridgehead atoms. The number of benzene rings is 2. The molecule has 2 heterocycles. The van der Waals surface area contributed by atoms with E-state index in [4.69, 9.17) is 9.47 Å². The summed E-state index contributed by atoms with van der Waals surface area (Å²) in [5.74, 6) is 1.95. The monoisotopic (exact) mass is 665 g/mol. The highest BCUT2D eigenvalue weighted by atomic mass is 16.5. The molecule has 6 heteroatoms. The zero-order chi connectivity index (χ0) is 33.8. The standard InChI is InChI=1S/C42H68N2O4/c1-3-5-15-31-47-39-23-19-35(20-24-39)41(45)37(33-43-27-11-7-8-12-28-43)17-18-38(34-44-29-13-9-10-14-30-44)42(46)36-21-25-40(26-22-36)48-32-16-6-4-2/h19-26,37-38,41-42,45-46H,3-18,27-34H2,1-2H3/t37-,38-,41+,42+/m1/s1. The minimum absolute atomic E-state index is 0.0946. The molecule has 2 aromatic rings. The highest BCUT2D eigenvalue weighted by molar-refractivity contribution is 5.30. The number of likely N-dealkylation sites (tertiary alicyclic amines) is 2. The fraction of sp³-hybridized carbons (Fsp3) is 0.714. The summed E-state index contributed by atoms with van der Waals surface area (Å²) in [6, 6.07) is 16.3. The lowest BCUT2D eigenvalue weighted by molar-refractivity contribution is 0.0449. The van der Waals surface area contributed by atoms with E-state index in [1.54, 1.807) is 0 Å². The van der Waals surface area contributed by atoms with Crippen LogP contribution in [0.2, 0.25) is 0 Å². The fourth-order valence-electron chi connectivity index (χ4n) is 7.58. The molecular formula is C42H68N2O4. The molecule has 4 rings (SSSR count). The Morgan fingerprint density at radius 1 is 0.521 bits per heavy atom. The van der Waals surface area contributed by atoms with Gasteiger partial charge in [-0.1, -0.05) is 89.5 Å².